The van der Waals surface area contributed by atoms with Gasteiger partial charge in [0.15, 0.2) is 0 Å². The Morgan fingerprint density at radius 2 is 2.24 bits per heavy atom. The van der Waals surface area contributed by atoms with Crippen molar-refractivity contribution >= 4 is 6.03 Å². The third-order valence-corrected chi connectivity index (χ3v) is 2.33. The molecule has 3 N–H and O–H groups in total. The molecule has 0 aromatic carbocycles. The van der Waals surface area contributed by atoms with E-state index >= 15 is 0 Å². The zero-order valence-corrected chi connectivity index (χ0v) is 10.3. The number of aliphatic hydroxyl groups excluding tert-OH is 1. The lowest BCUT2D eigenvalue weighted by Crippen LogP contribution is -2.38. The van der Waals surface area contributed by atoms with Crippen molar-refractivity contribution in [2.45, 2.75) is 26.4 Å². The molecule has 0 fully saturated rings. The maximum absolute atomic E-state index is 11.3. The minimum Gasteiger partial charge on any atom is -0.467 e. The smallest absolute Gasteiger partial charge is 0.314 e. The first-order chi connectivity index (χ1) is 8.09. The van der Waals surface area contributed by atoms with Gasteiger partial charge in [0, 0.05) is 6.54 Å². The molecule has 5 heteroatoms. The molecule has 0 saturated carbocycles. The Bertz CT molecular complexity index is 323. The highest BCUT2D eigenvalue weighted by Crippen LogP contribution is 2.11. The lowest BCUT2D eigenvalue weighted by Gasteiger charge is -2.11. The Morgan fingerprint density at radius 1 is 1.47 bits per heavy atom. The fourth-order valence-electron chi connectivity index (χ4n) is 1.31. The van der Waals surface area contributed by atoms with E-state index in [1.54, 1.807) is 12.1 Å². The summed E-state index contributed by atoms with van der Waals surface area (Å²) in [6.07, 6.45) is 1.62. The number of nitrogens with one attached hydrogen (secondary N) is 2. The van der Waals surface area contributed by atoms with Crippen LogP contribution in [-0.2, 0) is 0 Å². The highest BCUT2D eigenvalue weighted by Gasteiger charge is 2.11. The van der Waals surface area contributed by atoms with Crippen LogP contribution in [0, 0.1) is 5.92 Å². The van der Waals surface area contributed by atoms with Crippen molar-refractivity contribution in [1.82, 2.24) is 10.6 Å². The lowest BCUT2D eigenvalue weighted by molar-refractivity contribution is 0.148. The van der Waals surface area contributed by atoms with E-state index in [1.165, 1.54) is 6.26 Å². The van der Waals surface area contributed by atoms with E-state index in [4.69, 9.17) is 4.42 Å². The van der Waals surface area contributed by atoms with E-state index in [-0.39, 0.29) is 12.6 Å². The summed E-state index contributed by atoms with van der Waals surface area (Å²) in [7, 11) is 0. The average molecular weight is 240 g/mol. The number of urea groups is 1. The van der Waals surface area contributed by atoms with E-state index < -0.39 is 6.10 Å². The predicted molar refractivity (Wildman–Crippen MR) is 64.5 cm³/mol. The van der Waals surface area contributed by atoms with Gasteiger partial charge in [-0.05, 0) is 24.5 Å². The number of carbonyl (C=O) groups is 1. The second-order valence-corrected chi connectivity index (χ2v) is 4.35. The molecule has 5 nitrogen and oxygen atoms in total. The van der Waals surface area contributed by atoms with Crippen molar-refractivity contribution < 1.29 is 14.3 Å². The molecule has 17 heavy (non-hydrogen) atoms. The van der Waals surface area contributed by atoms with Crippen molar-refractivity contribution in [3.05, 3.63) is 24.2 Å². The second-order valence-electron chi connectivity index (χ2n) is 4.35. The second kappa shape index (κ2) is 6.96. The Kier molecular flexibility index (Phi) is 5.56. The Hall–Kier alpha value is -1.49. The molecule has 2 amide bonds. The van der Waals surface area contributed by atoms with Crippen LogP contribution in [-0.4, -0.2) is 24.2 Å². The topological polar surface area (TPSA) is 74.5 Å². The van der Waals surface area contributed by atoms with Crippen LogP contribution in [0.3, 0.4) is 0 Å². The van der Waals surface area contributed by atoms with Crippen molar-refractivity contribution in [3.8, 4) is 0 Å². The van der Waals surface area contributed by atoms with Gasteiger partial charge in [0.25, 0.3) is 0 Å². The van der Waals surface area contributed by atoms with Crippen LogP contribution in [0.1, 0.15) is 32.1 Å². The summed E-state index contributed by atoms with van der Waals surface area (Å²) in [6.45, 7) is 4.97. The van der Waals surface area contributed by atoms with Gasteiger partial charge in [0.1, 0.15) is 11.9 Å². The fourth-order valence-corrected chi connectivity index (χ4v) is 1.31. The molecule has 0 bridgehead atoms. The molecule has 1 heterocycles. The summed E-state index contributed by atoms with van der Waals surface area (Å²) >= 11 is 0. The molecule has 1 aromatic rings. The summed E-state index contributed by atoms with van der Waals surface area (Å²) in [4.78, 5) is 11.3. The highest BCUT2D eigenvalue weighted by molar-refractivity contribution is 5.73. The largest absolute Gasteiger partial charge is 0.467 e. The molecule has 0 aliphatic heterocycles. The summed E-state index contributed by atoms with van der Waals surface area (Å²) < 4.78 is 5.02. The summed E-state index contributed by atoms with van der Waals surface area (Å²) in [5, 5.41) is 14.9. The van der Waals surface area contributed by atoms with Gasteiger partial charge in [-0.25, -0.2) is 4.79 Å². The molecule has 96 valence electrons. The number of rotatable bonds is 6. The van der Waals surface area contributed by atoms with Gasteiger partial charge in [-0.15, -0.1) is 0 Å². The first-order valence-electron chi connectivity index (χ1n) is 5.82. The minimum absolute atomic E-state index is 0.140. The molecule has 0 radical (unpaired) electrons. The number of hydrogen-bond donors (Lipinski definition) is 3. The number of furan rings is 1. The van der Waals surface area contributed by atoms with Gasteiger partial charge in [-0.3, -0.25) is 0 Å². The molecular weight excluding hydrogens is 220 g/mol. The van der Waals surface area contributed by atoms with Crippen molar-refractivity contribution in [2.75, 3.05) is 13.1 Å². The Labute approximate surface area is 101 Å². The van der Waals surface area contributed by atoms with Crippen molar-refractivity contribution in [3.63, 3.8) is 0 Å². The van der Waals surface area contributed by atoms with E-state index in [0.717, 1.165) is 6.42 Å². The highest BCUT2D eigenvalue weighted by atomic mass is 16.4. The van der Waals surface area contributed by atoms with Gasteiger partial charge in [0.05, 0.1) is 12.8 Å². The monoisotopic (exact) mass is 240 g/mol. The number of hydrogen-bond acceptors (Lipinski definition) is 3. The van der Waals surface area contributed by atoms with Crippen LogP contribution in [0.15, 0.2) is 22.8 Å². The third-order valence-electron chi connectivity index (χ3n) is 2.33. The normalized spacial score (nSPS) is 12.5. The number of amides is 2. The van der Waals surface area contributed by atoms with Crippen LogP contribution in [0.4, 0.5) is 4.79 Å². The standard InChI is InChI=1S/C12H20N2O3/c1-9(2)5-6-13-12(16)14-8-10(15)11-4-3-7-17-11/h3-4,7,9-10,15H,5-6,8H2,1-2H3,(H2,13,14,16). The lowest BCUT2D eigenvalue weighted by atomic mass is 10.1. The van der Waals surface area contributed by atoms with Gasteiger partial charge in [-0.1, -0.05) is 13.8 Å². The molecule has 1 aromatic heterocycles. The first kappa shape index (κ1) is 13.6. The van der Waals surface area contributed by atoms with Crippen LogP contribution < -0.4 is 10.6 Å². The summed E-state index contributed by atoms with van der Waals surface area (Å²) in [5.74, 6) is 1.01. The third kappa shape index (κ3) is 5.40. The van der Waals surface area contributed by atoms with Crippen LogP contribution in [0.25, 0.3) is 0 Å². The maximum atomic E-state index is 11.3. The van der Waals surface area contributed by atoms with Crippen LogP contribution in [0.2, 0.25) is 0 Å². The quantitative estimate of drug-likeness (QED) is 0.708. The molecule has 0 spiro atoms. The maximum Gasteiger partial charge on any atom is 0.314 e. The zero-order valence-electron chi connectivity index (χ0n) is 10.3. The predicted octanol–water partition coefficient (Wildman–Crippen LogP) is 1.66. The zero-order chi connectivity index (χ0) is 12.7. The van der Waals surface area contributed by atoms with Gasteiger partial charge >= 0.3 is 6.03 Å². The molecular formula is C12H20N2O3. The molecule has 1 rings (SSSR count). The van der Waals surface area contributed by atoms with Gasteiger partial charge < -0.3 is 20.2 Å². The number of carbonyl (C=O) groups excluding carboxylic acids is 1. The van der Waals surface area contributed by atoms with E-state index in [9.17, 15) is 9.90 Å². The fraction of sp³-hybridized carbons (Fsp3) is 0.583. The molecule has 0 saturated heterocycles. The molecule has 0 aliphatic carbocycles. The SMILES string of the molecule is CC(C)CCNC(=O)NCC(O)c1ccco1. The van der Waals surface area contributed by atoms with Gasteiger partial charge in [0.2, 0.25) is 0 Å². The Balaban J connectivity index is 2.15. The Morgan fingerprint density at radius 3 is 2.82 bits per heavy atom. The number of aliphatic hydroxyl groups is 1. The summed E-state index contributed by atoms with van der Waals surface area (Å²) in [6, 6.07) is 3.10. The van der Waals surface area contributed by atoms with Crippen LogP contribution in [0.5, 0.6) is 0 Å². The first-order valence-corrected chi connectivity index (χ1v) is 5.82. The van der Waals surface area contributed by atoms with Crippen molar-refractivity contribution in [2.24, 2.45) is 5.92 Å². The minimum atomic E-state index is -0.805. The van der Waals surface area contributed by atoms with Crippen molar-refractivity contribution in [1.29, 1.82) is 0 Å². The summed E-state index contributed by atoms with van der Waals surface area (Å²) in [5.41, 5.74) is 0. The molecule has 0 aliphatic rings. The van der Waals surface area contributed by atoms with E-state index in [2.05, 4.69) is 24.5 Å². The average Bonchev–Trinajstić information content (AvgIpc) is 2.78. The van der Waals surface area contributed by atoms with Gasteiger partial charge in [-0.2, -0.15) is 0 Å². The molecule has 1 unspecified atom stereocenters. The van der Waals surface area contributed by atoms with Crippen LogP contribution >= 0.6 is 0 Å². The van der Waals surface area contributed by atoms with E-state index in [1.807, 2.05) is 0 Å². The molecule has 1 atom stereocenters. The van der Waals surface area contributed by atoms with E-state index in [0.29, 0.717) is 18.2 Å².